The molecule has 0 aliphatic carbocycles. The summed E-state index contributed by atoms with van der Waals surface area (Å²) in [6.45, 7) is -0.298. The molecule has 0 fully saturated rings. The summed E-state index contributed by atoms with van der Waals surface area (Å²) in [5, 5.41) is 2.76. The van der Waals surface area contributed by atoms with Crippen molar-refractivity contribution in [3.05, 3.63) is 23.8 Å². The van der Waals surface area contributed by atoms with Gasteiger partial charge in [-0.3, -0.25) is 0 Å². The Bertz CT molecular complexity index is 366. The van der Waals surface area contributed by atoms with Crippen LogP contribution in [-0.4, -0.2) is 19.6 Å². The number of rotatable bonds is 1. The van der Waals surface area contributed by atoms with Gasteiger partial charge in [0.15, 0.2) is 0 Å². The maximum Gasteiger partial charge on any atom is 0.265 e. The zero-order valence-electron chi connectivity index (χ0n) is 8.52. The Morgan fingerprint density at radius 2 is 2.20 bits per heavy atom. The van der Waals surface area contributed by atoms with Crippen LogP contribution in [0.3, 0.4) is 0 Å². The Morgan fingerprint density at radius 3 is 2.93 bits per heavy atom. The highest BCUT2D eigenvalue weighted by molar-refractivity contribution is 5.56. The second kappa shape index (κ2) is 3.68. The van der Waals surface area contributed by atoms with E-state index in [1.165, 1.54) is 0 Å². The van der Waals surface area contributed by atoms with E-state index in [9.17, 15) is 8.78 Å². The van der Waals surface area contributed by atoms with Crippen molar-refractivity contribution in [2.75, 3.05) is 19.0 Å². The summed E-state index contributed by atoms with van der Waals surface area (Å²) in [6, 6.07) is 5.39. The highest BCUT2D eigenvalue weighted by Crippen LogP contribution is 2.31. The van der Waals surface area contributed by atoms with Gasteiger partial charge in [-0.25, -0.2) is 8.78 Å². The predicted octanol–water partition coefficient (Wildman–Crippen LogP) is 2.69. The van der Waals surface area contributed by atoms with Crippen LogP contribution in [0.4, 0.5) is 14.5 Å². The maximum atomic E-state index is 13.1. The molecule has 0 radical (unpaired) electrons. The predicted molar refractivity (Wildman–Crippen MR) is 54.8 cm³/mol. The second-order valence-corrected chi connectivity index (χ2v) is 3.73. The van der Waals surface area contributed by atoms with Crippen molar-refractivity contribution in [2.45, 2.75) is 18.8 Å². The van der Waals surface area contributed by atoms with Crippen molar-refractivity contribution in [1.82, 2.24) is 0 Å². The van der Waals surface area contributed by atoms with E-state index >= 15 is 0 Å². The van der Waals surface area contributed by atoms with Crippen LogP contribution in [-0.2, 0) is 6.42 Å². The summed E-state index contributed by atoms with van der Waals surface area (Å²) in [4.78, 5) is 0. The van der Waals surface area contributed by atoms with E-state index in [2.05, 4.69) is 5.32 Å². The second-order valence-electron chi connectivity index (χ2n) is 3.73. The quantitative estimate of drug-likeness (QED) is 0.774. The van der Waals surface area contributed by atoms with Gasteiger partial charge in [-0.1, -0.05) is 6.07 Å². The molecule has 1 aliphatic rings. The molecule has 0 bridgehead atoms. The lowest BCUT2D eigenvalue weighted by Crippen LogP contribution is -2.25. The van der Waals surface area contributed by atoms with Crippen molar-refractivity contribution in [2.24, 2.45) is 0 Å². The fourth-order valence-corrected chi connectivity index (χ4v) is 1.70. The Kier molecular flexibility index (Phi) is 2.50. The van der Waals surface area contributed by atoms with Crippen molar-refractivity contribution in [1.29, 1.82) is 0 Å². The molecule has 0 saturated carbocycles. The van der Waals surface area contributed by atoms with Gasteiger partial charge in [0.2, 0.25) is 0 Å². The number of methoxy groups -OCH3 is 1. The number of benzene rings is 1. The molecule has 1 N–H and O–H groups in total. The highest BCUT2D eigenvalue weighted by atomic mass is 19.3. The topological polar surface area (TPSA) is 21.3 Å². The first-order chi connectivity index (χ1) is 7.11. The van der Waals surface area contributed by atoms with Crippen LogP contribution in [0.2, 0.25) is 0 Å². The maximum absolute atomic E-state index is 13.1. The Hall–Kier alpha value is -1.32. The fraction of sp³-hybridized carbons (Fsp3) is 0.455. The number of hydrogen-bond acceptors (Lipinski definition) is 2. The molecule has 0 atom stereocenters. The molecule has 0 amide bonds. The molecule has 4 heteroatoms. The number of ether oxygens (including phenoxy) is 1. The Morgan fingerprint density at radius 1 is 1.40 bits per heavy atom. The van der Waals surface area contributed by atoms with Gasteiger partial charge in [0.05, 0.1) is 13.7 Å². The van der Waals surface area contributed by atoms with Crippen LogP contribution in [0.1, 0.15) is 12.0 Å². The molecule has 1 aromatic rings. The summed E-state index contributed by atoms with van der Waals surface area (Å²) in [5.74, 6) is -1.93. The van der Waals surface area contributed by atoms with E-state index in [-0.39, 0.29) is 13.0 Å². The average molecular weight is 213 g/mol. The average Bonchev–Trinajstić information content (AvgIpc) is 2.38. The molecule has 1 aliphatic heterocycles. The number of alkyl halides is 2. The molecule has 0 aromatic heterocycles. The summed E-state index contributed by atoms with van der Waals surface area (Å²) in [5.41, 5.74) is 1.68. The fourth-order valence-electron chi connectivity index (χ4n) is 1.70. The van der Waals surface area contributed by atoms with Crippen molar-refractivity contribution in [3.8, 4) is 5.75 Å². The number of hydrogen-bond donors (Lipinski definition) is 1. The molecule has 82 valence electrons. The number of anilines is 1. The molecular weight excluding hydrogens is 200 g/mol. The summed E-state index contributed by atoms with van der Waals surface area (Å²) in [7, 11) is 1.56. The smallest absolute Gasteiger partial charge is 0.265 e. The molecule has 2 nitrogen and oxygen atoms in total. The normalized spacial score (nSPS) is 18.6. The molecule has 2 rings (SSSR count). The standard InChI is InChI=1S/C11H13F2NO/c1-15-9-3-2-8-4-5-11(12,13)7-14-10(8)6-9/h2-3,6,14H,4-5,7H2,1H3. The van der Waals surface area contributed by atoms with Gasteiger partial charge in [-0.05, 0) is 18.1 Å². The third kappa shape index (κ3) is 2.19. The third-order valence-electron chi connectivity index (χ3n) is 2.61. The molecule has 0 saturated heterocycles. The Balaban J connectivity index is 2.27. The number of aryl methyl sites for hydroxylation is 1. The number of fused-ring (bicyclic) bond motifs is 1. The van der Waals surface area contributed by atoms with E-state index in [0.717, 1.165) is 11.3 Å². The third-order valence-corrected chi connectivity index (χ3v) is 2.61. The van der Waals surface area contributed by atoms with E-state index in [1.807, 2.05) is 6.07 Å². The first-order valence-corrected chi connectivity index (χ1v) is 4.89. The first kappa shape index (κ1) is 10.2. The number of nitrogens with one attached hydrogen (secondary N) is 1. The zero-order valence-corrected chi connectivity index (χ0v) is 8.52. The summed E-state index contributed by atoms with van der Waals surface area (Å²) >= 11 is 0. The zero-order chi connectivity index (χ0) is 10.9. The van der Waals surface area contributed by atoms with E-state index < -0.39 is 5.92 Å². The summed E-state index contributed by atoms with van der Waals surface area (Å²) in [6.07, 6.45) is 0.304. The lowest BCUT2D eigenvalue weighted by atomic mass is 10.1. The molecule has 0 spiro atoms. The van der Waals surface area contributed by atoms with E-state index in [4.69, 9.17) is 4.74 Å². The van der Waals surface area contributed by atoms with Crippen molar-refractivity contribution < 1.29 is 13.5 Å². The van der Waals surface area contributed by atoms with Gasteiger partial charge >= 0.3 is 0 Å². The van der Waals surface area contributed by atoms with Crippen LogP contribution >= 0.6 is 0 Å². The lowest BCUT2D eigenvalue weighted by molar-refractivity contribution is 0.00842. The molecule has 15 heavy (non-hydrogen) atoms. The minimum atomic E-state index is -2.62. The largest absolute Gasteiger partial charge is 0.497 e. The molecule has 1 aromatic carbocycles. The molecular formula is C11H13F2NO. The molecule has 1 heterocycles. The van der Waals surface area contributed by atoms with Gasteiger partial charge in [0.25, 0.3) is 5.92 Å². The van der Waals surface area contributed by atoms with Crippen molar-refractivity contribution >= 4 is 5.69 Å². The Labute approximate surface area is 87.2 Å². The van der Waals surface area contributed by atoms with Crippen LogP contribution in [0.25, 0.3) is 0 Å². The van der Waals surface area contributed by atoms with Gasteiger partial charge in [-0.15, -0.1) is 0 Å². The highest BCUT2D eigenvalue weighted by Gasteiger charge is 2.31. The van der Waals surface area contributed by atoms with Crippen LogP contribution in [0.5, 0.6) is 5.75 Å². The SMILES string of the molecule is COc1ccc2c(c1)NCC(F)(F)CC2. The minimum Gasteiger partial charge on any atom is -0.497 e. The van der Waals surface area contributed by atoms with E-state index in [1.54, 1.807) is 19.2 Å². The van der Waals surface area contributed by atoms with Gasteiger partial charge in [0.1, 0.15) is 5.75 Å². The van der Waals surface area contributed by atoms with Crippen LogP contribution < -0.4 is 10.1 Å². The monoisotopic (exact) mass is 213 g/mol. The number of halogens is 2. The van der Waals surface area contributed by atoms with Gasteiger partial charge in [0, 0.05) is 18.2 Å². The van der Waals surface area contributed by atoms with Crippen LogP contribution in [0.15, 0.2) is 18.2 Å². The molecule has 0 unspecified atom stereocenters. The van der Waals surface area contributed by atoms with Crippen LogP contribution in [0, 0.1) is 0 Å². The van der Waals surface area contributed by atoms with E-state index in [0.29, 0.717) is 12.2 Å². The first-order valence-electron chi connectivity index (χ1n) is 4.89. The van der Waals surface area contributed by atoms with Crippen molar-refractivity contribution in [3.63, 3.8) is 0 Å². The van der Waals surface area contributed by atoms with Gasteiger partial charge < -0.3 is 10.1 Å². The minimum absolute atomic E-state index is 0.0979. The van der Waals surface area contributed by atoms with Gasteiger partial charge in [-0.2, -0.15) is 0 Å². The lowest BCUT2D eigenvalue weighted by Gasteiger charge is -2.12. The summed E-state index contributed by atoms with van der Waals surface area (Å²) < 4.78 is 31.3.